The van der Waals surface area contributed by atoms with E-state index in [1.807, 2.05) is 25.1 Å². The SMILES string of the molecule is CCOC(=O)c1ccc(NC(=O)c2sc3cc(C)ccc3c2Cl)cc1. The zero-order valence-electron chi connectivity index (χ0n) is 13.8. The second kappa shape index (κ2) is 7.25. The third kappa shape index (κ3) is 3.67. The van der Waals surface area contributed by atoms with Crippen LogP contribution >= 0.6 is 22.9 Å². The van der Waals surface area contributed by atoms with Gasteiger partial charge in [0.25, 0.3) is 5.91 Å². The summed E-state index contributed by atoms with van der Waals surface area (Å²) in [7, 11) is 0. The van der Waals surface area contributed by atoms with E-state index in [9.17, 15) is 9.59 Å². The van der Waals surface area contributed by atoms with Gasteiger partial charge in [0.05, 0.1) is 17.2 Å². The largest absolute Gasteiger partial charge is 0.462 e. The minimum atomic E-state index is -0.386. The van der Waals surface area contributed by atoms with Crippen LogP contribution in [0.2, 0.25) is 5.02 Å². The monoisotopic (exact) mass is 373 g/mol. The van der Waals surface area contributed by atoms with Crippen molar-refractivity contribution in [3.8, 4) is 0 Å². The molecule has 0 unspecified atom stereocenters. The molecular formula is C19H16ClNO3S. The molecule has 1 heterocycles. The number of amides is 1. The van der Waals surface area contributed by atoms with Gasteiger partial charge < -0.3 is 10.1 Å². The Bertz CT molecular complexity index is 947. The van der Waals surface area contributed by atoms with Crippen LogP contribution in [0.25, 0.3) is 10.1 Å². The number of carbonyl (C=O) groups excluding carboxylic acids is 2. The summed E-state index contributed by atoms with van der Waals surface area (Å²) in [6.07, 6.45) is 0. The Labute approximate surface area is 154 Å². The van der Waals surface area contributed by atoms with Crippen LogP contribution in [-0.2, 0) is 4.74 Å². The van der Waals surface area contributed by atoms with Crippen LogP contribution in [-0.4, -0.2) is 18.5 Å². The van der Waals surface area contributed by atoms with E-state index in [4.69, 9.17) is 16.3 Å². The number of carbonyl (C=O) groups is 2. The topological polar surface area (TPSA) is 55.4 Å². The fraction of sp³-hybridized carbons (Fsp3) is 0.158. The van der Waals surface area contributed by atoms with Gasteiger partial charge in [0, 0.05) is 15.8 Å². The fourth-order valence-electron chi connectivity index (χ4n) is 2.41. The zero-order chi connectivity index (χ0) is 18.0. The molecular weight excluding hydrogens is 358 g/mol. The van der Waals surface area contributed by atoms with Crippen molar-refractivity contribution in [3.63, 3.8) is 0 Å². The summed E-state index contributed by atoms with van der Waals surface area (Å²) < 4.78 is 5.91. The molecule has 0 saturated carbocycles. The van der Waals surface area contributed by atoms with Gasteiger partial charge in [-0.15, -0.1) is 11.3 Å². The van der Waals surface area contributed by atoms with Crippen LogP contribution < -0.4 is 5.32 Å². The Kier molecular flexibility index (Phi) is 5.06. The van der Waals surface area contributed by atoms with Crippen molar-refractivity contribution < 1.29 is 14.3 Å². The smallest absolute Gasteiger partial charge is 0.338 e. The van der Waals surface area contributed by atoms with Gasteiger partial charge in [-0.2, -0.15) is 0 Å². The summed E-state index contributed by atoms with van der Waals surface area (Å²) in [4.78, 5) is 24.6. The molecule has 0 spiro atoms. The number of hydrogen-bond donors (Lipinski definition) is 1. The highest BCUT2D eigenvalue weighted by Crippen LogP contribution is 2.36. The van der Waals surface area contributed by atoms with Crippen molar-refractivity contribution in [1.29, 1.82) is 0 Å². The van der Waals surface area contributed by atoms with Crippen LogP contribution in [0.3, 0.4) is 0 Å². The van der Waals surface area contributed by atoms with Crippen molar-refractivity contribution in [2.75, 3.05) is 11.9 Å². The molecule has 1 aromatic heterocycles. The van der Waals surface area contributed by atoms with Crippen molar-refractivity contribution in [2.24, 2.45) is 0 Å². The number of esters is 1. The van der Waals surface area contributed by atoms with Crippen LogP contribution in [0.1, 0.15) is 32.5 Å². The Hall–Kier alpha value is -2.37. The number of benzene rings is 2. The quantitative estimate of drug-likeness (QED) is 0.632. The van der Waals surface area contributed by atoms with Crippen LogP contribution in [0.4, 0.5) is 5.69 Å². The van der Waals surface area contributed by atoms with Crippen LogP contribution in [0.15, 0.2) is 42.5 Å². The minimum absolute atomic E-state index is 0.271. The van der Waals surface area contributed by atoms with Gasteiger partial charge in [-0.05, 0) is 49.7 Å². The van der Waals surface area contributed by atoms with E-state index in [-0.39, 0.29) is 11.9 Å². The van der Waals surface area contributed by atoms with E-state index in [1.165, 1.54) is 11.3 Å². The number of fused-ring (bicyclic) bond motifs is 1. The first-order valence-corrected chi connectivity index (χ1v) is 8.96. The van der Waals surface area contributed by atoms with Gasteiger partial charge >= 0.3 is 5.97 Å². The molecule has 0 aliphatic rings. The Morgan fingerprint density at radius 3 is 2.56 bits per heavy atom. The molecule has 0 fully saturated rings. The second-order valence-electron chi connectivity index (χ2n) is 5.50. The predicted octanol–water partition coefficient (Wildman–Crippen LogP) is 5.29. The average Bonchev–Trinajstić information content (AvgIpc) is 2.92. The van der Waals surface area contributed by atoms with Crippen LogP contribution in [0.5, 0.6) is 0 Å². The molecule has 0 aliphatic carbocycles. The van der Waals surface area contributed by atoms with E-state index >= 15 is 0 Å². The molecule has 3 aromatic rings. The summed E-state index contributed by atoms with van der Waals surface area (Å²) in [6, 6.07) is 12.5. The number of aryl methyl sites for hydroxylation is 1. The maximum Gasteiger partial charge on any atom is 0.338 e. The van der Waals surface area contributed by atoms with Crippen molar-refractivity contribution in [3.05, 3.63) is 63.5 Å². The number of thiophene rings is 1. The van der Waals surface area contributed by atoms with E-state index < -0.39 is 0 Å². The third-order valence-corrected chi connectivity index (χ3v) is 5.30. The number of hydrogen-bond acceptors (Lipinski definition) is 4. The molecule has 1 amide bonds. The number of rotatable bonds is 4. The normalized spacial score (nSPS) is 10.7. The lowest BCUT2D eigenvalue weighted by molar-refractivity contribution is 0.0526. The summed E-state index contributed by atoms with van der Waals surface area (Å²) in [5.74, 6) is -0.656. The van der Waals surface area contributed by atoms with E-state index in [0.717, 1.165) is 15.6 Å². The van der Waals surface area contributed by atoms with Crippen molar-refractivity contribution in [2.45, 2.75) is 13.8 Å². The third-order valence-electron chi connectivity index (χ3n) is 3.65. The number of anilines is 1. The standard InChI is InChI=1S/C19H16ClNO3S/c1-3-24-19(23)12-5-7-13(8-6-12)21-18(22)17-16(20)14-9-4-11(2)10-15(14)25-17/h4-10H,3H2,1-2H3,(H,21,22). The van der Waals surface area contributed by atoms with Gasteiger partial charge in [0.1, 0.15) is 4.88 Å². The van der Waals surface area contributed by atoms with Gasteiger partial charge in [-0.25, -0.2) is 4.79 Å². The first kappa shape index (κ1) is 17.5. The minimum Gasteiger partial charge on any atom is -0.462 e. The lowest BCUT2D eigenvalue weighted by Gasteiger charge is -2.06. The molecule has 0 saturated heterocycles. The fourth-order valence-corrected chi connectivity index (χ4v) is 3.92. The maximum absolute atomic E-state index is 12.5. The van der Waals surface area contributed by atoms with E-state index in [2.05, 4.69) is 5.32 Å². The molecule has 2 aromatic carbocycles. The first-order valence-electron chi connectivity index (χ1n) is 7.76. The molecule has 25 heavy (non-hydrogen) atoms. The summed E-state index contributed by atoms with van der Waals surface area (Å²) >= 11 is 7.72. The Morgan fingerprint density at radius 1 is 1.16 bits per heavy atom. The summed E-state index contributed by atoms with van der Waals surface area (Å²) in [5.41, 5.74) is 2.14. The molecule has 0 radical (unpaired) electrons. The molecule has 128 valence electrons. The van der Waals surface area contributed by atoms with E-state index in [1.54, 1.807) is 31.2 Å². The van der Waals surface area contributed by atoms with Gasteiger partial charge in [0.2, 0.25) is 0 Å². The van der Waals surface area contributed by atoms with Crippen LogP contribution in [0, 0.1) is 6.92 Å². The highest BCUT2D eigenvalue weighted by Gasteiger charge is 2.17. The molecule has 1 N–H and O–H groups in total. The zero-order valence-corrected chi connectivity index (χ0v) is 15.3. The lowest BCUT2D eigenvalue weighted by Crippen LogP contribution is -2.11. The first-order chi connectivity index (χ1) is 12.0. The van der Waals surface area contributed by atoms with Crippen molar-refractivity contribution >= 4 is 50.6 Å². The van der Waals surface area contributed by atoms with Gasteiger partial charge in [-0.3, -0.25) is 4.79 Å². The van der Waals surface area contributed by atoms with Gasteiger partial charge in [0.15, 0.2) is 0 Å². The van der Waals surface area contributed by atoms with Gasteiger partial charge in [-0.1, -0.05) is 23.7 Å². The van der Waals surface area contributed by atoms with E-state index in [0.29, 0.717) is 27.8 Å². The summed E-state index contributed by atoms with van der Waals surface area (Å²) in [5, 5.41) is 4.14. The molecule has 0 bridgehead atoms. The number of halogens is 1. The summed E-state index contributed by atoms with van der Waals surface area (Å²) in [6.45, 7) is 4.07. The van der Waals surface area contributed by atoms with Crippen molar-refractivity contribution in [1.82, 2.24) is 0 Å². The molecule has 0 atom stereocenters. The molecule has 6 heteroatoms. The second-order valence-corrected chi connectivity index (χ2v) is 6.93. The number of ether oxygens (including phenoxy) is 1. The number of nitrogens with one attached hydrogen (secondary N) is 1. The average molecular weight is 374 g/mol. The predicted molar refractivity (Wildman–Crippen MR) is 102 cm³/mol. The molecule has 3 rings (SSSR count). The Balaban J connectivity index is 1.80. The highest BCUT2D eigenvalue weighted by atomic mass is 35.5. The lowest BCUT2D eigenvalue weighted by atomic mass is 10.2. The Morgan fingerprint density at radius 2 is 1.88 bits per heavy atom. The molecule has 0 aliphatic heterocycles. The highest BCUT2D eigenvalue weighted by molar-refractivity contribution is 7.21. The maximum atomic E-state index is 12.5. The molecule has 4 nitrogen and oxygen atoms in total.